The molecule has 3 nitrogen and oxygen atoms in total. The number of methoxy groups -OCH3 is 1. The summed E-state index contributed by atoms with van der Waals surface area (Å²) in [6.45, 7) is 3.10. The molecular weight excluding hydrogens is 305 g/mol. The van der Waals surface area contributed by atoms with E-state index in [2.05, 4.69) is 27.9 Å². The summed E-state index contributed by atoms with van der Waals surface area (Å²) >= 11 is 2.22. The van der Waals surface area contributed by atoms with Gasteiger partial charge < -0.3 is 10.1 Å². The Balaban J connectivity index is 2.62. The molecule has 1 aromatic rings. The lowest BCUT2D eigenvalue weighted by atomic mass is 10.1. The SMILES string of the molecule is COCCNC(=O)c1ccc(C)c(I)c1. The van der Waals surface area contributed by atoms with Crippen molar-refractivity contribution >= 4 is 28.5 Å². The Labute approximate surface area is 103 Å². The van der Waals surface area contributed by atoms with Gasteiger partial charge in [-0.2, -0.15) is 0 Å². The molecule has 0 radical (unpaired) electrons. The van der Waals surface area contributed by atoms with Crippen LogP contribution in [0.2, 0.25) is 0 Å². The predicted octanol–water partition coefficient (Wildman–Crippen LogP) is 1.98. The summed E-state index contributed by atoms with van der Waals surface area (Å²) in [5.74, 6) is -0.0510. The lowest BCUT2D eigenvalue weighted by molar-refractivity contribution is 0.0937. The van der Waals surface area contributed by atoms with Gasteiger partial charge in [-0.25, -0.2) is 0 Å². The summed E-state index contributed by atoms with van der Waals surface area (Å²) in [6, 6.07) is 5.67. The Morgan fingerprint density at radius 3 is 2.87 bits per heavy atom. The summed E-state index contributed by atoms with van der Waals surface area (Å²) in [5, 5.41) is 2.78. The molecule has 0 aliphatic rings. The van der Waals surface area contributed by atoms with Crippen LogP contribution in [0.25, 0.3) is 0 Å². The largest absolute Gasteiger partial charge is 0.383 e. The van der Waals surface area contributed by atoms with Gasteiger partial charge in [-0.3, -0.25) is 4.79 Å². The van der Waals surface area contributed by atoms with Crippen LogP contribution in [-0.4, -0.2) is 26.2 Å². The molecule has 82 valence electrons. The maximum absolute atomic E-state index is 11.6. The zero-order chi connectivity index (χ0) is 11.3. The fraction of sp³-hybridized carbons (Fsp3) is 0.364. The van der Waals surface area contributed by atoms with E-state index in [0.717, 1.165) is 3.57 Å². The number of nitrogens with one attached hydrogen (secondary N) is 1. The van der Waals surface area contributed by atoms with Crippen LogP contribution in [0.4, 0.5) is 0 Å². The number of hydrogen-bond donors (Lipinski definition) is 1. The molecule has 0 aromatic heterocycles. The van der Waals surface area contributed by atoms with Crippen LogP contribution in [0.1, 0.15) is 15.9 Å². The highest BCUT2D eigenvalue weighted by molar-refractivity contribution is 14.1. The molecule has 0 aliphatic carbocycles. The van der Waals surface area contributed by atoms with Gasteiger partial charge in [-0.1, -0.05) is 6.07 Å². The lowest BCUT2D eigenvalue weighted by Crippen LogP contribution is -2.26. The smallest absolute Gasteiger partial charge is 0.251 e. The van der Waals surface area contributed by atoms with Crippen molar-refractivity contribution in [1.29, 1.82) is 0 Å². The summed E-state index contributed by atoms with van der Waals surface area (Å²) in [5.41, 5.74) is 1.88. The quantitative estimate of drug-likeness (QED) is 0.681. The average Bonchev–Trinajstić information content (AvgIpc) is 2.22. The molecule has 0 atom stereocenters. The minimum atomic E-state index is -0.0510. The van der Waals surface area contributed by atoms with Gasteiger partial charge in [-0.05, 0) is 47.2 Å². The van der Waals surface area contributed by atoms with E-state index in [0.29, 0.717) is 18.7 Å². The fourth-order valence-electron chi connectivity index (χ4n) is 1.10. The van der Waals surface area contributed by atoms with Crippen LogP contribution >= 0.6 is 22.6 Å². The molecule has 1 rings (SSSR count). The first-order chi connectivity index (χ1) is 7.15. The van der Waals surface area contributed by atoms with Crippen molar-refractivity contribution in [2.45, 2.75) is 6.92 Å². The molecule has 0 heterocycles. The summed E-state index contributed by atoms with van der Waals surface area (Å²) in [6.07, 6.45) is 0. The topological polar surface area (TPSA) is 38.3 Å². The van der Waals surface area contributed by atoms with Crippen LogP contribution in [0, 0.1) is 10.5 Å². The van der Waals surface area contributed by atoms with E-state index in [9.17, 15) is 4.79 Å². The molecule has 0 saturated carbocycles. The number of ether oxygens (including phenoxy) is 1. The number of rotatable bonds is 4. The molecule has 1 N–H and O–H groups in total. The van der Waals surface area contributed by atoms with Crippen LogP contribution in [0.5, 0.6) is 0 Å². The molecule has 1 aromatic carbocycles. The highest BCUT2D eigenvalue weighted by Crippen LogP contribution is 2.13. The van der Waals surface area contributed by atoms with E-state index < -0.39 is 0 Å². The summed E-state index contributed by atoms with van der Waals surface area (Å²) in [4.78, 5) is 11.6. The third-order valence-corrected chi connectivity index (χ3v) is 3.19. The van der Waals surface area contributed by atoms with Gasteiger partial charge in [0, 0.05) is 22.8 Å². The second-order valence-corrected chi connectivity index (χ2v) is 4.37. The molecule has 0 unspecified atom stereocenters. The first-order valence-corrected chi connectivity index (χ1v) is 5.76. The van der Waals surface area contributed by atoms with Gasteiger partial charge in [0.2, 0.25) is 0 Å². The molecule has 0 saturated heterocycles. The lowest BCUT2D eigenvalue weighted by Gasteiger charge is -2.05. The van der Waals surface area contributed by atoms with Crippen LogP contribution in [-0.2, 0) is 4.74 Å². The number of carbonyl (C=O) groups is 1. The number of hydrogen-bond acceptors (Lipinski definition) is 2. The van der Waals surface area contributed by atoms with E-state index in [1.54, 1.807) is 7.11 Å². The molecule has 4 heteroatoms. The van der Waals surface area contributed by atoms with Gasteiger partial charge >= 0.3 is 0 Å². The van der Waals surface area contributed by atoms with E-state index >= 15 is 0 Å². The third-order valence-electron chi connectivity index (χ3n) is 2.03. The van der Waals surface area contributed by atoms with Gasteiger partial charge in [0.15, 0.2) is 0 Å². The highest BCUT2D eigenvalue weighted by atomic mass is 127. The van der Waals surface area contributed by atoms with E-state index in [1.165, 1.54) is 5.56 Å². The van der Waals surface area contributed by atoms with Crippen molar-refractivity contribution in [3.8, 4) is 0 Å². The molecular formula is C11H14INO2. The van der Waals surface area contributed by atoms with Gasteiger partial charge in [-0.15, -0.1) is 0 Å². The van der Waals surface area contributed by atoms with Crippen molar-refractivity contribution in [3.05, 3.63) is 32.9 Å². The fourth-order valence-corrected chi connectivity index (χ4v) is 1.62. The maximum atomic E-state index is 11.6. The van der Waals surface area contributed by atoms with Crippen LogP contribution < -0.4 is 5.32 Å². The zero-order valence-electron chi connectivity index (χ0n) is 8.84. The minimum absolute atomic E-state index is 0.0510. The minimum Gasteiger partial charge on any atom is -0.383 e. The van der Waals surface area contributed by atoms with Gasteiger partial charge in [0.1, 0.15) is 0 Å². The third kappa shape index (κ3) is 3.79. The highest BCUT2D eigenvalue weighted by Gasteiger charge is 2.05. The monoisotopic (exact) mass is 319 g/mol. The molecule has 15 heavy (non-hydrogen) atoms. The first kappa shape index (κ1) is 12.4. The van der Waals surface area contributed by atoms with Crippen molar-refractivity contribution in [1.82, 2.24) is 5.32 Å². The average molecular weight is 319 g/mol. The number of carbonyl (C=O) groups excluding carboxylic acids is 1. The van der Waals surface area contributed by atoms with Crippen LogP contribution in [0.15, 0.2) is 18.2 Å². The number of aryl methyl sites for hydroxylation is 1. The van der Waals surface area contributed by atoms with Crippen molar-refractivity contribution < 1.29 is 9.53 Å². The molecule has 0 fully saturated rings. The van der Waals surface area contributed by atoms with Crippen molar-refractivity contribution in [2.75, 3.05) is 20.3 Å². The molecule has 1 amide bonds. The number of amides is 1. The van der Waals surface area contributed by atoms with Crippen LogP contribution in [0.3, 0.4) is 0 Å². The Morgan fingerprint density at radius 1 is 1.53 bits per heavy atom. The van der Waals surface area contributed by atoms with Gasteiger partial charge in [0.05, 0.1) is 6.61 Å². The Morgan fingerprint density at radius 2 is 2.27 bits per heavy atom. The molecule has 0 aliphatic heterocycles. The number of benzene rings is 1. The van der Waals surface area contributed by atoms with E-state index in [-0.39, 0.29) is 5.91 Å². The second-order valence-electron chi connectivity index (χ2n) is 3.21. The maximum Gasteiger partial charge on any atom is 0.251 e. The number of halogens is 1. The normalized spacial score (nSPS) is 10.1. The van der Waals surface area contributed by atoms with E-state index in [1.807, 2.05) is 25.1 Å². The zero-order valence-corrected chi connectivity index (χ0v) is 11.0. The van der Waals surface area contributed by atoms with Gasteiger partial charge in [0.25, 0.3) is 5.91 Å². The second kappa shape index (κ2) is 6.07. The Kier molecular flexibility index (Phi) is 5.04. The predicted molar refractivity (Wildman–Crippen MR) is 68.1 cm³/mol. The molecule has 0 spiro atoms. The van der Waals surface area contributed by atoms with Crippen molar-refractivity contribution in [2.24, 2.45) is 0 Å². The molecule has 0 bridgehead atoms. The summed E-state index contributed by atoms with van der Waals surface area (Å²) < 4.78 is 5.96. The first-order valence-electron chi connectivity index (χ1n) is 4.68. The summed E-state index contributed by atoms with van der Waals surface area (Å²) in [7, 11) is 1.61. The standard InChI is InChI=1S/C11H14INO2/c1-8-3-4-9(7-10(8)12)11(14)13-5-6-15-2/h3-4,7H,5-6H2,1-2H3,(H,13,14). The Hall–Kier alpha value is -0.620. The van der Waals surface area contributed by atoms with E-state index in [4.69, 9.17) is 4.74 Å². The van der Waals surface area contributed by atoms with Crippen molar-refractivity contribution in [3.63, 3.8) is 0 Å². The Bertz CT molecular complexity index is 352.